The number of rotatable bonds is 11. The first-order valence-electron chi connectivity index (χ1n) is 13.9. The molecule has 2 amide bonds. The number of aliphatic carboxylic acids is 1. The molecule has 1 saturated heterocycles. The highest BCUT2D eigenvalue weighted by molar-refractivity contribution is 6.32. The number of nitrogens with one attached hydrogen (secondary N) is 2. The summed E-state index contributed by atoms with van der Waals surface area (Å²) in [6, 6.07) is 14.3. The number of carbonyl (C=O) groups excluding carboxylic acids is 2. The zero-order valence-electron chi connectivity index (χ0n) is 23.3. The molecule has 1 fully saturated rings. The number of aryl methyl sites for hydroxylation is 1. The number of carboxylic acids is 1. The third kappa shape index (κ3) is 7.43. The Hall–Kier alpha value is -3.36. The van der Waals surface area contributed by atoms with E-state index in [0.29, 0.717) is 42.3 Å². The summed E-state index contributed by atoms with van der Waals surface area (Å²) < 4.78 is 5.78. The number of amides is 2. The maximum atomic E-state index is 13.4. The fourth-order valence-corrected chi connectivity index (χ4v) is 5.79. The molecular weight excluding hydrogens is 530 g/mol. The Morgan fingerprint density at radius 2 is 1.85 bits per heavy atom. The molecule has 3 N–H and O–H groups in total. The molecule has 0 saturated carbocycles. The fraction of sp³-hybridized carbons (Fsp3) is 0.452. The minimum atomic E-state index is -0.985. The van der Waals surface area contributed by atoms with E-state index in [0.717, 1.165) is 29.5 Å². The summed E-state index contributed by atoms with van der Waals surface area (Å²) in [7, 11) is 0. The zero-order chi connectivity index (χ0) is 28.8. The normalized spacial score (nSPS) is 19.4. The lowest BCUT2D eigenvalue weighted by Gasteiger charge is -2.44. The van der Waals surface area contributed by atoms with Crippen molar-refractivity contribution in [3.8, 4) is 5.75 Å². The minimum absolute atomic E-state index is 0.0699. The van der Waals surface area contributed by atoms with Crippen LogP contribution in [0.15, 0.2) is 54.1 Å². The molecule has 2 bridgehead atoms. The Bertz CT molecular complexity index is 1260. The molecule has 214 valence electrons. The number of hydrogen-bond acceptors (Lipinski definition) is 5. The average Bonchev–Trinajstić information content (AvgIpc) is 2.90. The number of carbonyl (C=O) groups is 3. The van der Waals surface area contributed by atoms with Crippen LogP contribution in [0.3, 0.4) is 0 Å². The lowest BCUT2D eigenvalue weighted by molar-refractivity contribution is -0.139. The SMILES string of the molecule is CC(=O)NC(CC(C)C)C(=O)N1C[C@H]2CC(c3ccc(CCCOc4ccccc4Cl)cc3)=C(C(=O)O)[C@@H](C1)N2. The van der Waals surface area contributed by atoms with Gasteiger partial charge in [-0.1, -0.05) is 61.8 Å². The first-order valence-corrected chi connectivity index (χ1v) is 14.2. The Morgan fingerprint density at radius 1 is 1.12 bits per heavy atom. The van der Waals surface area contributed by atoms with Crippen LogP contribution in [0.5, 0.6) is 5.75 Å². The van der Waals surface area contributed by atoms with Crippen molar-refractivity contribution in [3.05, 3.63) is 70.3 Å². The van der Waals surface area contributed by atoms with E-state index >= 15 is 0 Å². The van der Waals surface area contributed by atoms with E-state index in [-0.39, 0.29) is 30.3 Å². The van der Waals surface area contributed by atoms with Crippen molar-refractivity contribution < 1.29 is 24.2 Å². The Balaban J connectivity index is 1.43. The monoisotopic (exact) mass is 567 g/mol. The van der Waals surface area contributed by atoms with Gasteiger partial charge in [0.15, 0.2) is 0 Å². The summed E-state index contributed by atoms with van der Waals surface area (Å²) in [5.41, 5.74) is 3.14. The van der Waals surface area contributed by atoms with E-state index in [9.17, 15) is 19.5 Å². The van der Waals surface area contributed by atoms with Crippen LogP contribution >= 0.6 is 11.6 Å². The summed E-state index contributed by atoms with van der Waals surface area (Å²) in [6.45, 7) is 6.67. The van der Waals surface area contributed by atoms with Gasteiger partial charge in [0.1, 0.15) is 11.8 Å². The molecule has 4 rings (SSSR count). The highest BCUT2D eigenvalue weighted by atomic mass is 35.5. The summed E-state index contributed by atoms with van der Waals surface area (Å²) in [4.78, 5) is 39.3. The number of piperazine rings is 1. The summed E-state index contributed by atoms with van der Waals surface area (Å²) in [6.07, 6.45) is 2.68. The summed E-state index contributed by atoms with van der Waals surface area (Å²) >= 11 is 6.14. The van der Waals surface area contributed by atoms with Gasteiger partial charge in [-0.15, -0.1) is 0 Å². The van der Waals surface area contributed by atoms with Gasteiger partial charge in [-0.25, -0.2) is 4.79 Å². The molecule has 9 heteroatoms. The zero-order valence-corrected chi connectivity index (χ0v) is 24.0. The van der Waals surface area contributed by atoms with Gasteiger partial charge < -0.3 is 25.4 Å². The highest BCUT2D eigenvalue weighted by Gasteiger charge is 2.41. The van der Waals surface area contributed by atoms with Crippen molar-refractivity contribution in [2.24, 2.45) is 5.92 Å². The summed E-state index contributed by atoms with van der Waals surface area (Å²) in [5.74, 6) is -0.491. The number of para-hydroxylation sites is 1. The molecule has 0 aromatic heterocycles. The van der Waals surface area contributed by atoms with E-state index in [1.54, 1.807) is 11.0 Å². The van der Waals surface area contributed by atoms with Crippen LogP contribution in [0.2, 0.25) is 5.02 Å². The van der Waals surface area contributed by atoms with Crippen LogP contribution in [0.25, 0.3) is 5.57 Å². The second-order valence-corrected chi connectivity index (χ2v) is 11.4. The molecule has 40 heavy (non-hydrogen) atoms. The number of halogens is 1. The van der Waals surface area contributed by atoms with E-state index < -0.39 is 18.1 Å². The van der Waals surface area contributed by atoms with Gasteiger partial charge in [-0.3, -0.25) is 9.59 Å². The van der Waals surface area contributed by atoms with E-state index in [1.165, 1.54) is 6.92 Å². The molecule has 1 unspecified atom stereocenters. The second kappa shape index (κ2) is 13.3. The number of nitrogens with zero attached hydrogens (tertiary/aromatic N) is 1. The number of fused-ring (bicyclic) bond motifs is 2. The largest absolute Gasteiger partial charge is 0.492 e. The van der Waals surface area contributed by atoms with Gasteiger partial charge in [-0.2, -0.15) is 0 Å². The van der Waals surface area contributed by atoms with Crippen molar-refractivity contribution in [2.75, 3.05) is 19.7 Å². The molecule has 0 aliphatic carbocycles. The fourth-order valence-electron chi connectivity index (χ4n) is 5.60. The maximum absolute atomic E-state index is 13.4. The topological polar surface area (TPSA) is 108 Å². The van der Waals surface area contributed by atoms with Crippen LogP contribution in [-0.2, 0) is 20.8 Å². The van der Waals surface area contributed by atoms with Crippen molar-refractivity contribution in [1.82, 2.24) is 15.5 Å². The van der Waals surface area contributed by atoms with Crippen LogP contribution < -0.4 is 15.4 Å². The molecule has 2 aromatic rings. The van der Waals surface area contributed by atoms with Gasteiger partial charge in [0.25, 0.3) is 0 Å². The van der Waals surface area contributed by atoms with E-state index in [2.05, 4.69) is 10.6 Å². The molecule has 0 radical (unpaired) electrons. The quantitative estimate of drug-likeness (QED) is 0.349. The molecule has 0 spiro atoms. The van der Waals surface area contributed by atoms with Crippen molar-refractivity contribution in [3.63, 3.8) is 0 Å². The Kier molecular flexibility index (Phi) is 9.87. The second-order valence-electron chi connectivity index (χ2n) is 11.0. The van der Waals surface area contributed by atoms with Crippen LogP contribution in [0, 0.1) is 5.92 Å². The minimum Gasteiger partial charge on any atom is -0.492 e. The lowest BCUT2D eigenvalue weighted by Crippen LogP contribution is -2.63. The molecule has 2 aromatic carbocycles. The third-order valence-electron chi connectivity index (χ3n) is 7.34. The highest BCUT2D eigenvalue weighted by Crippen LogP contribution is 2.34. The predicted molar refractivity (Wildman–Crippen MR) is 155 cm³/mol. The van der Waals surface area contributed by atoms with Crippen LogP contribution in [0.4, 0.5) is 0 Å². The van der Waals surface area contributed by atoms with Gasteiger partial charge >= 0.3 is 5.97 Å². The number of carboxylic acid groups (broad SMARTS) is 1. The molecule has 2 heterocycles. The van der Waals surface area contributed by atoms with Crippen molar-refractivity contribution in [1.29, 1.82) is 0 Å². The Morgan fingerprint density at radius 3 is 2.50 bits per heavy atom. The third-order valence-corrected chi connectivity index (χ3v) is 7.65. The first-order chi connectivity index (χ1) is 19.1. The number of ether oxygens (including phenoxy) is 1. The molecular formula is C31H38ClN3O5. The molecule has 2 aliphatic heterocycles. The van der Waals surface area contributed by atoms with Gasteiger partial charge in [-0.05, 0) is 60.4 Å². The van der Waals surface area contributed by atoms with Gasteiger partial charge in [0, 0.05) is 26.1 Å². The Labute approximate surface area is 240 Å². The van der Waals surface area contributed by atoms with Gasteiger partial charge in [0.05, 0.1) is 23.2 Å². The number of benzene rings is 2. The molecule has 3 atom stereocenters. The van der Waals surface area contributed by atoms with Crippen LogP contribution in [0.1, 0.15) is 51.2 Å². The number of hydrogen-bond donors (Lipinski definition) is 3. The van der Waals surface area contributed by atoms with Gasteiger partial charge in [0.2, 0.25) is 11.8 Å². The van der Waals surface area contributed by atoms with Crippen LogP contribution in [-0.4, -0.2) is 65.6 Å². The lowest BCUT2D eigenvalue weighted by atomic mass is 9.83. The van der Waals surface area contributed by atoms with E-state index in [4.69, 9.17) is 16.3 Å². The smallest absolute Gasteiger partial charge is 0.333 e. The maximum Gasteiger partial charge on any atom is 0.333 e. The van der Waals surface area contributed by atoms with Crippen molar-refractivity contribution >= 4 is 35.0 Å². The standard InChI is InChI=1S/C31H38ClN3O5/c1-19(2)15-26(33-20(3)36)30(37)35-17-23-16-24(29(31(38)39)27(18-35)34-23)22-12-10-21(11-13-22)7-6-14-40-28-9-5-4-8-25(28)32/h4-5,8-13,19,23,26-27,34H,6-7,14-18H2,1-3H3,(H,33,36)(H,38,39)/t23-,26?,27-/m1/s1. The summed E-state index contributed by atoms with van der Waals surface area (Å²) in [5, 5.41) is 17.0. The molecule has 8 nitrogen and oxygen atoms in total. The first kappa shape index (κ1) is 29.6. The average molecular weight is 568 g/mol. The predicted octanol–water partition coefficient (Wildman–Crippen LogP) is 4.31. The van der Waals surface area contributed by atoms with Crippen molar-refractivity contribution in [2.45, 2.75) is 64.6 Å². The van der Waals surface area contributed by atoms with E-state index in [1.807, 2.05) is 56.3 Å². The molecule has 2 aliphatic rings.